The first-order chi connectivity index (χ1) is 18.0. The number of halogens is 2. The van der Waals surface area contributed by atoms with Crippen molar-refractivity contribution >= 4 is 28.5 Å². The van der Waals surface area contributed by atoms with E-state index in [1.165, 1.54) is 13.2 Å². The van der Waals surface area contributed by atoms with Crippen LogP contribution in [0.2, 0.25) is 5.02 Å². The van der Waals surface area contributed by atoms with E-state index in [2.05, 4.69) is 37.3 Å². The van der Waals surface area contributed by atoms with Crippen molar-refractivity contribution in [1.29, 1.82) is 0 Å². The van der Waals surface area contributed by atoms with Gasteiger partial charge in [-0.1, -0.05) is 35.9 Å². The molecular weight excluding hydrogens is 493 g/mol. The van der Waals surface area contributed by atoms with E-state index in [1.807, 2.05) is 24.4 Å². The molecule has 37 heavy (non-hydrogen) atoms. The Hall–Kier alpha value is -3.20. The molecule has 1 saturated heterocycles. The summed E-state index contributed by atoms with van der Waals surface area (Å²) in [7, 11) is 1.43. The third-order valence-corrected chi connectivity index (χ3v) is 8.16. The van der Waals surface area contributed by atoms with Crippen LogP contribution in [0.1, 0.15) is 47.4 Å². The van der Waals surface area contributed by atoms with E-state index in [4.69, 9.17) is 16.3 Å². The number of methoxy groups -OCH3 is 1. The first kappa shape index (κ1) is 24.2. The molecule has 0 bridgehead atoms. The molecule has 6 rings (SSSR count). The lowest BCUT2D eigenvalue weighted by Gasteiger charge is -2.50. The van der Waals surface area contributed by atoms with Crippen LogP contribution in [0.5, 0.6) is 0 Å². The van der Waals surface area contributed by atoms with Crippen LogP contribution in [0.25, 0.3) is 10.9 Å². The SMILES string of the molecule is COC(=O)C1Cc2c([nH]c3ccccc23)C2CC(NCCc3cnc[nH]3)CC(c3ccc(Cl)c(F)c3)N12. The van der Waals surface area contributed by atoms with Gasteiger partial charge in [-0.3, -0.25) is 9.69 Å². The van der Waals surface area contributed by atoms with Gasteiger partial charge >= 0.3 is 5.97 Å². The lowest BCUT2D eigenvalue weighted by atomic mass is 9.79. The number of hydrogen-bond donors (Lipinski definition) is 3. The van der Waals surface area contributed by atoms with Crippen LogP contribution in [0.4, 0.5) is 4.39 Å². The third kappa shape index (κ3) is 4.43. The largest absolute Gasteiger partial charge is 0.468 e. The molecule has 0 aliphatic carbocycles. The van der Waals surface area contributed by atoms with E-state index in [0.717, 1.165) is 59.2 Å². The maximum absolute atomic E-state index is 14.6. The molecule has 2 aliphatic rings. The summed E-state index contributed by atoms with van der Waals surface area (Å²) in [6.45, 7) is 0.779. The van der Waals surface area contributed by atoms with E-state index >= 15 is 0 Å². The van der Waals surface area contributed by atoms with Crippen LogP contribution < -0.4 is 5.32 Å². The Morgan fingerprint density at radius 1 is 1.24 bits per heavy atom. The van der Waals surface area contributed by atoms with E-state index < -0.39 is 11.9 Å². The van der Waals surface area contributed by atoms with Crippen LogP contribution in [-0.2, 0) is 22.4 Å². The van der Waals surface area contributed by atoms with Crippen molar-refractivity contribution in [2.45, 2.75) is 49.9 Å². The van der Waals surface area contributed by atoms with Gasteiger partial charge in [-0.25, -0.2) is 9.37 Å². The number of ether oxygens (including phenoxy) is 1. The molecule has 9 heteroatoms. The number of rotatable bonds is 6. The fourth-order valence-corrected chi connectivity index (χ4v) is 6.31. The monoisotopic (exact) mass is 521 g/mol. The topological polar surface area (TPSA) is 86.0 Å². The highest BCUT2D eigenvalue weighted by Crippen LogP contribution is 2.49. The fourth-order valence-electron chi connectivity index (χ4n) is 6.19. The summed E-state index contributed by atoms with van der Waals surface area (Å²) in [5, 5.41) is 4.94. The van der Waals surface area contributed by atoms with Crippen molar-refractivity contribution < 1.29 is 13.9 Å². The molecule has 4 unspecified atom stereocenters. The smallest absolute Gasteiger partial charge is 0.323 e. The van der Waals surface area contributed by atoms with Crippen molar-refractivity contribution in [2.75, 3.05) is 13.7 Å². The average molecular weight is 522 g/mol. The average Bonchev–Trinajstić information content (AvgIpc) is 3.57. The zero-order valence-electron chi connectivity index (χ0n) is 20.5. The summed E-state index contributed by atoms with van der Waals surface area (Å²) in [6.07, 6.45) is 6.42. The van der Waals surface area contributed by atoms with Crippen LogP contribution in [0.15, 0.2) is 55.0 Å². The predicted octanol–water partition coefficient (Wildman–Crippen LogP) is 4.86. The number of aromatic nitrogens is 3. The molecule has 2 aromatic heterocycles. The normalized spacial score (nSPS) is 23.5. The molecule has 4 heterocycles. The lowest BCUT2D eigenvalue weighted by molar-refractivity contribution is -0.152. The minimum atomic E-state index is -0.476. The zero-order valence-corrected chi connectivity index (χ0v) is 21.3. The molecular formula is C28H29ClFN5O2. The number of H-pyrrole nitrogens is 2. The molecule has 0 amide bonds. The summed E-state index contributed by atoms with van der Waals surface area (Å²) in [5.74, 6) is -0.728. The molecule has 2 aromatic carbocycles. The quantitative estimate of drug-likeness (QED) is 0.315. The number of nitrogens with zero attached hydrogens (tertiary/aromatic N) is 2. The van der Waals surface area contributed by atoms with E-state index in [-0.39, 0.29) is 29.1 Å². The number of esters is 1. The second kappa shape index (κ2) is 9.93. The van der Waals surface area contributed by atoms with Gasteiger partial charge in [0.05, 0.1) is 24.5 Å². The fraction of sp³-hybridized carbons (Fsp3) is 0.357. The molecule has 1 fully saturated rings. The van der Waals surface area contributed by atoms with Gasteiger partial charge in [0.1, 0.15) is 11.9 Å². The molecule has 7 nitrogen and oxygen atoms in total. The van der Waals surface area contributed by atoms with Gasteiger partial charge in [-0.2, -0.15) is 0 Å². The van der Waals surface area contributed by atoms with Gasteiger partial charge in [0.15, 0.2) is 0 Å². The Kier molecular flexibility index (Phi) is 6.48. The number of aromatic amines is 2. The van der Waals surface area contributed by atoms with E-state index in [9.17, 15) is 9.18 Å². The first-order valence-electron chi connectivity index (χ1n) is 12.6. The van der Waals surface area contributed by atoms with Crippen molar-refractivity contribution in [1.82, 2.24) is 25.2 Å². The van der Waals surface area contributed by atoms with Gasteiger partial charge in [0.25, 0.3) is 0 Å². The Balaban J connectivity index is 1.41. The Labute approximate surface area is 219 Å². The van der Waals surface area contributed by atoms with Crippen molar-refractivity contribution in [3.63, 3.8) is 0 Å². The van der Waals surface area contributed by atoms with Crippen molar-refractivity contribution in [3.8, 4) is 0 Å². The highest BCUT2D eigenvalue weighted by molar-refractivity contribution is 6.30. The summed E-state index contributed by atoms with van der Waals surface area (Å²) < 4.78 is 19.9. The van der Waals surface area contributed by atoms with Crippen LogP contribution in [0.3, 0.4) is 0 Å². The lowest BCUT2D eigenvalue weighted by Crippen LogP contribution is -2.55. The predicted molar refractivity (Wildman–Crippen MR) is 140 cm³/mol. The second-order valence-corrected chi connectivity index (χ2v) is 10.3. The number of imidazole rings is 1. The molecule has 0 radical (unpaired) electrons. The second-order valence-electron chi connectivity index (χ2n) is 9.91. The van der Waals surface area contributed by atoms with Crippen LogP contribution in [0, 0.1) is 5.82 Å². The summed E-state index contributed by atoms with van der Waals surface area (Å²) in [4.78, 5) is 26.3. The number of nitrogens with one attached hydrogen (secondary N) is 3. The Morgan fingerprint density at radius 2 is 2.08 bits per heavy atom. The molecule has 0 saturated carbocycles. The number of fused-ring (bicyclic) bond motifs is 5. The maximum atomic E-state index is 14.6. The minimum absolute atomic E-state index is 0.0672. The van der Waals surface area contributed by atoms with Crippen molar-refractivity contribution in [3.05, 3.63) is 88.3 Å². The van der Waals surface area contributed by atoms with Gasteiger partial charge in [0.2, 0.25) is 0 Å². The molecule has 3 N–H and O–H groups in total. The van der Waals surface area contributed by atoms with Crippen molar-refractivity contribution in [2.24, 2.45) is 0 Å². The minimum Gasteiger partial charge on any atom is -0.468 e. The number of para-hydroxylation sites is 1. The molecule has 4 atom stereocenters. The maximum Gasteiger partial charge on any atom is 0.323 e. The van der Waals surface area contributed by atoms with Crippen LogP contribution in [-0.4, -0.2) is 51.6 Å². The third-order valence-electron chi connectivity index (χ3n) is 7.86. The van der Waals surface area contributed by atoms with Gasteiger partial charge in [0, 0.05) is 60.0 Å². The Morgan fingerprint density at radius 3 is 2.86 bits per heavy atom. The number of piperidine rings is 1. The summed E-state index contributed by atoms with van der Waals surface area (Å²) >= 11 is 6.03. The van der Waals surface area contributed by atoms with Crippen LogP contribution >= 0.6 is 11.6 Å². The summed E-state index contributed by atoms with van der Waals surface area (Å²) in [5.41, 5.74) is 5.22. The highest BCUT2D eigenvalue weighted by atomic mass is 35.5. The standard InChI is InChI=1S/C28H29ClFN5O2/c1-37-28(36)26-13-20-19-4-2-3-5-23(19)34-27(20)25-12-18(32-9-8-17-14-31-15-33-17)11-24(35(25)26)16-6-7-21(29)22(30)10-16/h2-7,10,14-15,18,24-26,32,34H,8-9,11-13H2,1H3,(H,31,33). The molecule has 4 aromatic rings. The summed E-state index contributed by atoms with van der Waals surface area (Å²) in [6, 6.07) is 12.6. The van der Waals surface area contributed by atoms with Gasteiger partial charge in [-0.15, -0.1) is 0 Å². The number of carbonyl (C=O) groups is 1. The zero-order chi connectivity index (χ0) is 25.5. The van der Waals surface area contributed by atoms with E-state index in [0.29, 0.717) is 6.42 Å². The number of hydrogen-bond acceptors (Lipinski definition) is 5. The number of carbonyl (C=O) groups excluding carboxylic acids is 1. The van der Waals surface area contributed by atoms with E-state index in [1.54, 1.807) is 12.4 Å². The number of benzene rings is 2. The van der Waals surface area contributed by atoms with Gasteiger partial charge < -0.3 is 20.0 Å². The first-order valence-corrected chi connectivity index (χ1v) is 13.0. The molecule has 192 valence electrons. The highest BCUT2D eigenvalue weighted by Gasteiger charge is 2.48. The molecule has 2 aliphatic heterocycles. The molecule has 0 spiro atoms. The van der Waals surface area contributed by atoms with Gasteiger partial charge in [-0.05, 0) is 42.2 Å². The Bertz CT molecular complexity index is 1420.